The lowest BCUT2D eigenvalue weighted by molar-refractivity contribution is -0.00975. The lowest BCUT2D eigenvalue weighted by Crippen LogP contribution is -2.46. The van der Waals surface area contributed by atoms with Gasteiger partial charge in [-0.15, -0.1) is 0 Å². The van der Waals surface area contributed by atoms with Gasteiger partial charge in [0, 0.05) is 17.3 Å². The number of aliphatic hydroxyl groups excluding tert-OH is 1. The summed E-state index contributed by atoms with van der Waals surface area (Å²) < 4.78 is 13.2. The van der Waals surface area contributed by atoms with Crippen molar-refractivity contribution >= 4 is 0 Å². The van der Waals surface area contributed by atoms with Crippen molar-refractivity contribution in [2.45, 2.75) is 51.2 Å². The van der Waals surface area contributed by atoms with Crippen LogP contribution in [0.2, 0.25) is 0 Å². The molecule has 1 saturated carbocycles. The van der Waals surface area contributed by atoms with Crippen LogP contribution in [0, 0.1) is 11.2 Å². The Balaban J connectivity index is 2.13. The van der Waals surface area contributed by atoms with Gasteiger partial charge in [0.05, 0.1) is 12.3 Å². The van der Waals surface area contributed by atoms with Crippen molar-refractivity contribution in [1.29, 1.82) is 0 Å². The molecule has 19 heavy (non-hydrogen) atoms. The van der Waals surface area contributed by atoms with E-state index < -0.39 is 11.9 Å². The Morgan fingerprint density at radius 2 is 1.89 bits per heavy atom. The van der Waals surface area contributed by atoms with E-state index in [1.807, 2.05) is 7.05 Å². The van der Waals surface area contributed by atoms with Crippen LogP contribution >= 0.6 is 0 Å². The lowest BCUT2D eigenvalue weighted by atomic mass is 9.65. The maximum atomic E-state index is 13.2. The van der Waals surface area contributed by atoms with Crippen molar-refractivity contribution in [2.75, 3.05) is 7.05 Å². The molecule has 0 radical (unpaired) electrons. The van der Waals surface area contributed by atoms with Crippen LogP contribution in [0.15, 0.2) is 18.5 Å². The number of hydrogen-bond donors (Lipinski definition) is 2. The summed E-state index contributed by atoms with van der Waals surface area (Å²) >= 11 is 0. The molecule has 1 heterocycles. The molecule has 1 fully saturated rings. The Morgan fingerprint density at radius 1 is 1.26 bits per heavy atom. The summed E-state index contributed by atoms with van der Waals surface area (Å²) in [5.74, 6) is -0.393. The van der Waals surface area contributed by atoms with E-state index in [4.69, 9.17) is 0 Å². The monoisotopic (exact) mass is 266 g/mol. The summed E-state index contributed by atoms with van der Waals surface area (Å²) in [5, 5.41) is 13.9. The van der Waals surface area contributed by atoms with Gasteiger partial charge in [-0.1, -0.05) is 6.92 Å². The molecule has 0 saturated heterocycles. The van der Waals surface area contributed by atoms with Crippen LogP contribution in [0.4, 0.5) is 4.39 Å². The molecule has 0 bridgehead atoms. The van der Waals surface area contributed by atoms with Gasteiger partial charge in [0.2, 0.25) is 0 Å². The molecule has 0 aromatic carbocycles. The molecule has 4 heteroatoms. The second kappa shape index (κ2) is 5.17. The van der Waals surface area contributed by atoms with E-state index in [2.05, 4.69) is 24.1 Å². The summed E-state index contributed by atoms with van der Waals surface area (Å²) in [6.07, 6.45) is 5.93. The number of pyridine rings is 1. The minimum atomic E-state index is -0.655. The van der Waals surface area contributed by atoms with Gasteiger partial charge in [0.1, 0.15) is 5.82 Å². The highest BCUT2D eigenvalue weighted by Gasteiger charge is 2.41. The molecule has 2 N–H and O–H groups in total. The largest absolute Gasteiger partial charge is 0.388 e. The summed E-state index contributed by atoms with van der Waals surface area (Å²) in [6.45, 7) is 4.29. The third kappa shape index (κ3) is 2.95. The SMILES string of the molecule is CNC1(C)CCC(C)([C@H](O)c2cncc(F)c2)CC1. The fraction of sp³-hybridized carbons (Fsp3) is 0.667. The molecule has 0 unspecified atom stereocenters. The predicted molar refractivity (Wildman–Crippen MR) is 73.2 cm³/mol. The van der Waals surface area contributed by atoms with E-state index in [0.717, 1.165) is 31.9 Å². The van der Waals surface area contributed by atoms with E-state index in [-0.39, 0.29) is 11.0 Å². The highest BCUT2D eigenvalue weighted by Crippen LogP contribution is 2.48. The fourth-order valence-electron chi connectivity index (χ4n) is 2.88. The predicted octanol–water partition coefficient (Wildman–Crippen LogP) is 2.81. The molecule has 106 valence electrons. The Kier molecular flexibility index (Phi) is 3.92. The number of aromatic nitrogens is 1. The lowest BCUT2D eigenvalue weighted by Gasteiger charge is -2.45. The highest BCUT2D eigenvalue weighted by molar-refractivity contribution is 5.16. The zero-order valence-corrected chi connectivity index (χ0v) is 11.9. The van der Waals surface area contributed by atoms with Crippen LogP contribution in [0.5, 0.6) is 0 Å². The molecule has 0 aliphatic heterocycles. The topological polar surface area (TPSA) is 45.1 Å². The van der Waals surface area contributed by atoms with Crippen LogP contribution in [-0.4, -0.2) is 22.7 Å². The van der Waals surface area contributed by atoms with Crippen molar-refractivity contribution < 1.29 is 9.50 Å². The Hall–Kier alpha value is -1.00. The van der Waals surface area contributed by atoms with Gasteiger partial charge < -0.3 is 10.4 Å². The first-order chi connectivity index (χ1) is 8.88. The van der Waals surface area contributed by atoms with Crippen LogP contribution in [0.25, 0.3) is 0 Å². The average Bonchev–Trinajstić information content (AvgIpc) is 2.42. The number of nitrogens with zero attached hydrogens (tertiary/aromatic N) is 1. The van der Waals surface area contributed by atoms with Crippen molar-refractivity contribution in [3.05, 3.63) is 29.8 Å². The van der Waals surface area contributed by atoms with E-state index in [9.17, 15) is 9.50 Å². The average molecular weight is 266 g/mol. The van der Waals surface area contributed by atoms with Crippen molar-refractivity contribution in [3.63, 3.8) is 0 Å². The maximum Gasteiger partial charge on any atom is 0.141 e. The smallest absolute Gasteiger partial charge is 0.141 e. The van der Waals surface area contributed by atoms with Crippen LogP contribution in [0.1, 0.15) is 51.2 Å². The van der Waals surface area contributed by atoms with E-state index in [0.29, 0.717) is 5.56 Å². The molecule has 0 spiro atoms. The van der Waals surface area contributed by atoms with Crippen LogP contribution in [0.3, 0.4) is 0 Å². The molecule has 1 atom stereocenters. The molecular weight excluding hydrogens is 243 g/mol. The van der Waals surface area contributed by atoms with Gasteiger partial charge in [-0.05, 0) is 51.1 Å². The van der Waals surface area contributed by atoms with Gasteiger partial charge in [-0.3, -0.25) is 4.98 Å². The normalized spacial score (nSPS) is 33.1. The third-order valence-electron chi connectivity index (χ3n) is 4.80. The fourth-order valence-corrected chi connectivity index (χ4v) is 2.88. The number of halogens is 1. The standard InChI is InChI=1S/C15H23FN2O/c1-14(4-6-15(2,17-3)7-5-14)13(19)11-8-12(16)10-18-9-11/h8-10,13,17,19H,4-7H2,1-3H3/t13-,14?,15?/m1/s1. The minimum Gasteiger partial charge on any atom is -0.388 e. The number of hydrogen-bond acceptors (Lipinski definition) is 3. The third-order valence-corrected chi connectivity index (χ3v) is 4.80. The number of rotatable bonds is 3. The van der Waals surface area contributed by atoms with E-state index in [1.54, 1.807) is 6.20 Å². The van der Waals surface area contributed by atoms with Gasteiger partial charge in [-0.2, -0.15) is 0 Å². The molecule has 3 nitrogen and oxygen atoms in total. The Morgan fingerprint density at radius 3 is 2.42 bits per heavy atom. The van der Waals surface area contributed by atoms with Crippen LogP contribution in [-0.2, 0) is 0 Å². The summed E-state index contributed by atoms with van der Waals surface area (Å²) in [5.41, 5.74) is 0.529. The minimum absolute atomic E-state index is 0.152. The van der Waals surface area contributed by atoms with Crippen molar-refractivity contribution in [1.82, 2.24) is 10.3 Å². The molecule has 2 rings (SSSR count). The quantitative estimate of drug-likeness (QED) is 0.884. The zero-order chi connectivity index (χ0) is 14.1. The molecule has 1 aliphatic rings. The summed E-state index contributed by atoms with van der Waals surface area (Å²) in [4.78, 5) is 3.83. The summed E-state index contributed by atoms with van der Waals surface area (Å²) in [6, 6.07) is 1.38. The van der Waals surface area contributed by atoms with E-state index in [1.165, 1.54) is 6.07 Å². The van der Waals surface area contributed by atoms with E-state index >= 15 is 0 Å². The Bertz CT molecular complexity index is 442. The second-order valence-electron chi connectivity index (χ2n) is 6.30. The summed E-state index contributed by atoms with van der Waals surface area (Å²) in [7, 11) is 1.98. The molecule has 0 amide bonds. The van der Waals surface area contributed by atoms with Crippen molar-refractivity contribution in [3.8, 4) is 0 Å². The van der Waals surface area contributed by atoms with Gasteiger partial charge in [0.25, 0.3) is 0 Å². The molecule has 1 aromatic heterocycles. The Labute approximate surface area is 114 Å². The van der Waals surface area contributed by atoms with Crippen LogP contribution < -0.4 is 5.32 Å². The molecule has 1 aromatic rings. The van der Waals surface area contributed by atoms with Gasteiger partial charge in [0.15, 0.2) is 0 Å². The van der Waals surface area contributed by atoms with Crippen molar-refractivity contribution in [2.24, 2.45) is 5.41 Å². The van der Waals surface area contributed by atoms with Gasteiger partial charge >= 0.3 is 0 Å². The number of aliphatic hydroxyl groups is 1. The maximum absolute atomic E-state index is 13.2. The number of nitrogens with one attached hydrogen (secondary N) is 1. The second-order valence-corrected chi connectivity index (χ2v) is 6.30. The van der Waals surface area contributed by atoms with Gasteiger partial charge in [-0.25, -0.2) is 4.39 Å². The first-order valence-corrected chi connectivity index (χ1v) is 6.86. The first kappa shape index (κ1) is 14.4. The highest BCUT2D eigenvalue weighted by atomic mass is 19.1. The molecular formula is C15H23FN2O. The first-order valence-electron chi connectivity index (χ1n) is 6.86. The molecule has 1 aliphatic carbocycles. The zero-order valence-electron chi connectivity index (χ0n) is 11.9.